The van der Waals surface area contributed by atoms with Crippen LogP contribution in [0.3, 0.4) is 0 Å². The lowest BCUT2D eigenvalue weighted by molar-refractivity contribution is 0.0374. The molecule has 1 aromatic heterocycles. The number of nitrogens with zero attached hydrogens (tertiary/aromatic N) is 1. The summed E-state index contributed by atoms with van der Waals surface area (Å²) >= 11 is 0. The zero-order valence-corrected chi connectivity index (χ0v) is 14.3. The fraction of sp³-hybridized carbons (Fsp3) is 0.444. The van der Waals surface area contributed by atoms with Gasteiger partial charge in [-0.1, -0.05) is 0 Å². The van der Waals surface area contributed by atoms with Gasteiger partial charge in [-0.15, -0.1) is 0 Å². The zero-order chi connectivity index (χ0) is 17.6. The van der Waals surface area contributed by atoms with Gasteiger partial charge in [-0.25, -0.2) is 0 Å². The van der Waals surface area contributed by atoms with Gasteiger partial charge < -0.3 is 19.8 Å². The highest BCUT2D eigenvalue weighted by molar-refractivity contribution is 5.97. The van der Waals surface area contributed by atoms with Crippen molar-refractivity contribution in [2.75, 3.05) is 46.5 Å². The van der Waals surface area contributed by atoms with E-state index in [9.17, 15) is 9.59 Å². The maximum Gasteiger partial charge on any atom is 0.256 e. The average molecular weight is 345 g/mol. The first-order valence-corrected chi connectivity index (χ1v) is 8.47. The number of ether oxygens (including phenoxy) is 2. The number of methoxy groups -OCH3 is 1. The van der Waals surface area contributed by atoms with Crippen molar-refractivity contribution in [3.05, 3.63) is 40.2 Å². The Morgan fingerprint density at radius 3 is 2.92 bits per heavy atom. The molecule has 1 saturated heterocycles. The second-order valence-corrected chi connectivity index (χ2v) is 6.01. The number of fused-ring (bicyclic) bond motifs is 1. The molecule has 0 radical (unpaired) electrons. The van der Waals surface area contributed by atoms with E-state index in [1.54, 1.807) is 25.3 Å². The molecule has 134 valence electrons. The van der Waals surface area contributed by atoms with Gasteiger partial charge in [0.25, 0.3) is 5.91 Å². The van der Waals surface area contributed by atoms with E-state index in [-0.39, 0.29) is 16.9 Å². The Hall–Kier alpha value is -2.38. The number of hydrogen-bond donors (Lipinski definition) is 2. The molecule has 1 amide bonds. The monoisotopic (exact) mass is 345 g/mol. The first-order valence-electron chi connectivity index (χ1n) is 8.47. The quantitative estimate of drug-likeness (QED) is 0.763. The minimum atomic E-state index is -0.346. The Bertz CT molecular complexity index is 796. The molecule has 7 heteroatoms. The summed E-state index contributed by atoms with van der Waals surface area (Å²) in [6, 6.07) is 5.12. The van der Waals surface area contributed by atoms with Gasteiger partial charge in [-0.05, 0) is 25.1 Å². The lowest BCUT2D eigenvalue weighted by atomic mass is 10.1. The number of nitrogens with one attached hydrogen (secondary N) is 2. The summed E-state index contributed by atoms with van der Waals surface area (Å²) in [6.07, 6.45) is 2.30. The molecule has 7 nitrogen and oxygen atoms in total. The average Bonchev–Trinajstić information content (AvgIpc) is 2.66. The predicted octanol–water partition coefficient (Wildman–Crippen LogP) is 0.989. The van der Waals surface area contributed by atoms with Crippen LogP contribution in [0.4, 0.5) is 0 Å². The van der Waals surface area contributed by atoms with Crippen molar-refractivity contribution in [1.29, 1.82) is 0 Å². The molecule has 0 saturated carbocycles. The van der Waals surface area contributed by atoms with Crippen LogP contribution in [0, 0.1) is 0 Å². The van der Waals surface area contributed by atoms with Crippen molar-refractivity contribution >= 4 is 16.8 Å². The van der Waals surface area contributed by atoms with Gasteiger partial charge in [0.05, 0.1) is 25.8 Å². The largest absolute Gasteiger partial charge is 0.497 e. The first-order chi connectivity index (χ1) is 12.2. The molecule has 3 rings (SSSR count). The third-order valence-electron chi connectivity index (χ3n) is 4.37. The Morgan fingerprint density at radius 2 is 2.16 bits per heavy atom. The van der Waals surface area contributed by atoms with Crippen molar-refractivity contribution in [3.8, 4) is 5.75 Å². The summed E-state index contributed by atoms with van der Waals surface area (Å²) in [5.41, 5.74) is 0.499. The van der Waals surface area contributed by atoms with E-state index in [4.69, 9.17) is 9.47 Å². The number of amides is 1. The van der Waals surface area contributed by atoms with Crippen LogP contribution in [0.15, 0.2) is 29.2 Å². The second-order valence-electron chi connectivity index (χ2n) is 6.01. The number of aromatic nitrogens is 1. The lowest BCUT2D eigenvalue weighted by Crippen LogP contribution is -2.38. The summed E-state index contributed by atoms with van der Waals surface area (Å²) in [6.45, 7) is 4.85. The number of aromatic amines is 1. The summed E-state index contributed by atoms with van der Waals surface area (Å²) in [7, 11) is 1.57. The SMILES string of the molecule is COc1ccc2c(=O)c(C(=O)NCCCN3CCOCC3)c[nH]c2c1. The van der Waals surface area contributed by atoms with Crippen molar-refractivity contribution in [2.45, 2.75) is 6.42 Å². The van der Waals surface area contributed by atoms with Gasteiger partial charge in [0.1, 0.15) is 11.3 Å². The molecule has 1 aliphatic rings. The Kier molecular flexibility index (Phi) is 5.67. The van der Waals surface area contributed by atoms with Crippen LogP contribution in [-0.4, -0.2) is 62.3 Å². The third kappa shape index (κ3) is 4.18. The molecule has 0 unspecified atom stereocenters. The molecule has 1 aliphatic heterocycles. The van der Waals surface area contributed by atoms with Gasteiger partial charge in [-0.3, -0.25) is 14.5 Å². The molecule has 0 bridgehead atoms. The van der Waals surface area contributed by atoms with Gasteiger partial charge >= 0.3 is 0 Å². The van der Waals surface area contributed by atoms with E-state index in [1.807, 2.05) is 0 Å². The van der Waals surface area contributed by atoms with Crippen LogP contribution < -0.4 is 15.5 Å². The Morgan fingerprint density at radius 1 is 1.36 bits per heavy atom. The fourth-order valence-electron chi connectivity index (χ4n) is 2.92. The van der Waals surface area contributed by atoms with E-state index >= 15 is 0 Å². The van der Waals surface area contributed by atoms with Crippen LogP contribution >= 0.6 is 0 Å². The van der Waals surface area contributed by atoms with Crippen molar-refractivity contribution < 1.29 is 14.3 Å². The highest BCUT2D eigenvalue weighted by Crippen LogP contribution is 2.16. The smallest absolute Gasteiger partial charge is 0.256 e. The van der Waals surface area contributed by atoms with Crippen molar-refractivity contribution in [1.82, 2.24) is 15.2 Å². The minimum Gasteiger partial charge on any atom is -0.497 e. The van der Waals surface area contributed by atoms with Crippen molar-refractivity contribution in [2.24, 2.45) is 0 Å². The molecule has 0 spiro atoms. The number of H-pyrrole nitrogens is 1. The number of carbonyl (C=O) groups is 1. The van der Waals surface area contributed by atoms with E-state index < -0.39 is 0 Å². The minimum absolute atomic E-state index is 0.129. The third-order valence-corrected chi connectivity index (χ3v) is 4.37. The number of carbonyl (C=O) groups excluding carboxylic acids is 1. The molecule has 25 heavy (non-hydrogen) atoms. The zero-order valence-electron chi connectivity index (χ0n) is 14.3. The maximum atomic E-state index is 12.5. The van der Waals surface area contributed by atoms with Gasteiger partial charge in [0.15, 0.2) is 0 Å². The molecule has 0 atom stereocenters. The Labute approximate surface area is 145 Å². The van der Waals surface area contributed by atoms with Gasteiger partial charge in [0, 0.05) is 37.3 Å². The normalized spacial score (nSPS) is 15.2. The predicted molar refractivity (Wildman–Crippen MR) is 95.3 cm³/mol. The molecule has 2 aromatic rings. The Balaban J connectivity index is 1.60. The van der Waals surface area contributed by atoms with Gasteiger partial charge in [0.2, 0.25) is 5.43 Å². The summed E-state index contributed by atoms with van der Waals surface area (Å²) in [4.78, 5) is 30.1. The van der Waals surface area contributed by atoms with E-state index in [2.05, 4.69) is 15.2 Å². The highest BCUT2D eigenvalue weighted by Gasteiger charge is 2.14. The second kappa shape index (κ2) is 8.13. The van der Waals surface area contributed by atoms with Crippen LogP contribution in [0.1, 0.15) is 16.8 Å². The van der Waals surface area contributed by atoms with Crippen molar-refractivity contribution in [3.63, 3.8) is 0 Å². The summed E-state index contributed by atoms with van der Waals surface area (Å²) < 4.78 is 10.4. The highest BCUT2D eigenvalue weighted by atomic mass is 16.5. The molecule has 2 heterocycles. The van der Waals surface area contributed by atoms with Crippen LogP contribution in [0.2, 0.25) is 0 Å². The van der Waals surface area contributed by atoms with E-state index in [1.165, 1.54) is 6.20 Å². The molecular formula is C18H23N3O4. The molecule has 0 aliphatic carbocycles. The van der Waals surface area contributed by atoms with Crippen LogP contribution in [0.5, 0.6) is 5.75 Å². The number of benzene rings is 1. The molecular weight excluding hydrogens is 322 g/mol. The molecule has 2 N–H and O–H groups in total. The van der Waals surface area contributed by atoms with E-state index in [0.717, 1.165) is 39.3 Å². The topological polar surface area (TPSA) is 83.7 Å². The maximum absolute atomic E-state index is 12.5. The standard InChI is InChI=1S/C18H23N3O4/c1-24-13-3-4-14-16(11-13)20-12-15(17(14)22)18(23)19-5-2-6-21-7-9-25-10-8-21/h3-4,11-12H,2,5-10H2,1H3,(H,19,23)(H,20,22). The number of morpholine rings is 1. The number of pyridine rings is 1. The van der Waals surface area contributed by atoms with Gasteiger partial charge in [-0.2, -0.15) is 0 Å². The number of hydrogen-bond acceptors (Lipinski definition) is 5. The summed E-state index contributed by atoms with van der Waals surface area (Å²) in [5.74, 6) is 0.310. The fourth-order valence-corrected chi connectivity index (χ4v) is 2.92. The van der Waals surface area contributed by atoms with E-state index in [0.29, 0.717) is 23.2 Å². The van der Waals surface area contributed by atoms with Crippen LogP contribution in [-0.2, 0) is 4.74 Å². The van der Waals surface area contributed by atoms with Crippen LogP contribution in [0.25, 0.3) is 10.9 Å². The molecule has 1 fully saturated rings. The summed E-state index contributed by atoms with van der Waals surface area (Å²) in [5, 5.41) is 3.30. The molecule has 1 aromatic carbocycles. The first kappa shape index (κ1) is 17.4. The number of rotatable bonds is 6. The lowest BCUT2D eigenvalue weighted by Gasteiger charge is -2.26.